The molecule has 0 aromatic rings. The van der Waals surface area contributed by atoms with Gasteiger partial charge in [-0.25, -0.2) is 0 Å². The first-order chi connectivity index (χ1) is 12.1. The predicted molar refractivity (Wildman–Crippen MR) is 115 cm³/mol. The van der Waals surface area contributed by atoms with E-state index in [1.165, 1.54) is 64.2 Å². The second kappa shape index (κ2) is 16.4. The van der Waals surface area contributed by atoms with E-state index in [-0.39, 0.29) is 11.3 Å². The van der Waals surface area contributed by atoms with Crippen LogP contribution in [0.5, 0.6) is 0 Å². The smallest absolute Gasteiger partial charge is 0.0845 e. The summed E-state index contributed by atoms with van der Waals surface area (Å²) in [6, 6.07) is 0. The van der Waals surface area contributed by atoms with Crippen molar-refractivity contribution in [3.63, 3.8) is 0 Å². The minimum Gasteiger partial charge on any atom is -0.393 e. The van der Waals surface area contributed by atoms with Crippen molar-refractivity contribution in [1.29, 1.82) is 0 Å². The predicted octanol–water partition coefficient (Wildman–Crippen LogP) is 7.58. The van der Waals surface area contributed by atoms with Crippen LogP contribution in [0.1, 0.15) is 124 Å². The molecule has 0 aliphatic carbocycles. The van der Waals surface area contributed by atoms with Crippen LogP contribution in [0.25, 0.3) is 0 Å². The van der Waals surface area contributed by atoms with Gasteiger partial charge in [0.2, 0.25) is 0 Å². The van der Waals surface area contributed by atoms with Crippen LogP contribution in [0.2, 0.25) is 0 Å². The van der Waals surface area contributed by atoms with Gasteiger partial charge in [0, 0.05) is 11.3 Å². The molecule has 0 aliphatic rings. The summed E-state index contributed by atoms with van der Waals surface area (Å²) in [6.45, 7) is 8.85. The van der Waals surface area contributed by atoms with Crippen molar-refractivity contribution in [3.8, 4) is 0 Å². The monoisotopic (exact) mass is 374 g/mol. The Bertz CT molecular complexity index is 313. The molecule has 0 saturated heterocycles. The lowest BCUT2D eigenvalue weighted by molar-refractivity contribution is 0.182. The maximum absolute atomic E-state index is 13.1. The first-order valence-corrected chi connectivity index (χ1v) is 12.9. The highest BCUT2D eigenvalue weighted by atomic mass is 31.1. The maximum Gasteiger partial charge on any atom is 0.0845 e. The zero-order chi connectivity index (χ0) is 19.0. The molecule has 1 N–H and O–H groups in total. The van der Waals surface area contributed by atoms with Crippen molar-refractivity contribution >= 4 is 7.80 Å². The van der Waals surface area contributed by atoms with E-state index in [0.29, 0.717) is 6.16 Å². The zero-order valence-corrected chi connectivity index (χ0v) is 18.7. The molecule has 0 aliphatic heterocycles. The highest BCUT2D eigenvalue weighted by molar-refractivity contribution is 7.46. The van der Waals surface area contributed by atoms with Gasteiger partial charge in [-0.2, -0.15) is 0 Å². The van der Waals surface area contributed by atoms with Gasteiger partial charge >= 0.3 is 0 Å². The molecule has 0 aromatic heterocycles. The first kappa shape index (κ1) is 25.2. The second-order valence-electron chi connectivity index (χ2n) is 7.99. The van der Waals surface area contributed by atoms with Gasteiger partial charge in [-0.3, -0.25) is 0 Å². The summed E-state index contributed by atoms with van der Waals surface area (Å²) < 4.78 is 13.1. The molecule has 0 aromatic carbocycles. The average molecular weight is 375 g/mol. The van der Waals surface area contributed by atoms with Gasteiger partial charge in [0.05, 0.1) is 13.9 Å². The molecule has 0 fully saturated rings. The number of rotatable bonds is 18. The lowest BCUT2D eigenvalue weighted by atomic mass is 9.94. The van der Waals surface area contributed by atoms with Gasteiger partial charge in [-0.15, -0.1) is 0 Å². The fourth-order valence-electron chi connectivity index (χ4n) is 3.90. The highest BCUT2D eigenvalue weighted by Crippen LogP contribution is 2.48. The highest BCUT2D eigenvalue weighted by Gasteiger charge is 2.33. The van der Waals surface area contributed by atoms with E-state index in [4.69, 9.17) is 0 Å². The lowest BCUT2D eigenvalue weighted by Crippen LogP contribution is -2.26. The van der Waals surface area contributed by atoms with Crippen molar-refractivity contribution in [1.82, 2.24) is 0 Å². The molecule has 0 spiro atoms. The van der Waals surface area contributed by atoms with E-state index in [2.05, 4.69) is 27.7 Å². The van der Waals surface area contributed by atoms with Gasteiger partial charge in [0.15, 0.2) is 0 Å². The molecule has 0 saturated carbocycles. The Morgan fingerprint density at radius 2 is 1.24 bits per heavy atom. The standard InChI is InChI=1S/C22H47O2P/c1-5-9-11-13-14-15-17-19-22(7-3,8-4)25(24)20-21(23)18-16-12-10-6-2/h21,23,25H,5-20H2,1-4H3. The van der Waals surface area contributed by atoms with E-state index in [9.17, 15) is 9.67 Å². The number of aliphatic hydroxyl groups is 1. The molecule has 3 heteroatoms. The lowest BCUT2D eigenvalue weighted by Gasteiger charge is -2.32. The molecule has 0 radical (unpaired) electrons. The van der Waals surface area contributed by atoms with Crippen LogP contribution in [-0.4, -0.2) is 22.5 Å². The van der Waals surface area contributed by atoms with E-state index in [1.54, 1.807) is 0 Å². The van der Waals surface area contributed by atoms with Crippen LogP contribution < -0.4 is 0 Å². The molecule has 2 unspecified atom stereocenters. The molecule has 25 heavy (non-hydrogen) atoms. The third-order valence-electron chi connectivity index (χ3n) is 6.02. The molecular weight excluding hydrogens is 327 g/mol. The van der Waals surface area contributed by atoms with Crippen molar-refractivity contribution in [2.24, 2.45) is 0 Å². The number of unbranched alkanes of at least 4 members (excludes halogenated alkanes) is 9. The second-order valence-corrected chi connectivity index (χ2v) is 10.3. The van der Waals surface area contributed by atoms with E-state index < -0.39 is 7.80 Å². The largest absolute Gasteiger partial charge is 0.393 e. The Kier molecular flexibility index (Phi) is 16.5. The Balaban J connectivity index is 4.22. The summed E-state index contributed by atoms with van der Waals surface area (Å²) >= 11 is 0. The topological polar surface area (TPSA) is 37.3 Å². The molecule has 0 heterocycles. The summed E-state index contributed by atoms with van der Waals surface area (Å²) in [6.07, 6.45) is 18.0. The van der Waals surface area contributed by atoms with Crippen LogP contribution in [-0.2, 0) is 4.57 Å². The fourth-order valence-corrected chi connectivity index (χ4v) is 6.21. The number of hydrogen-bond donors (Lipinski definition) is 1. The summed E-state index contributed by atoms with van der Waals surface area (Å²) in [5.74, 6) is 0. The van der Waals surface area contributed by atoms with Crippen LogP contribution in [0.3, 0.4) is 0 Å². The average Bonchev–Trinajstić information content (AvgIpc) is 2.61. The van der Waals surface area contributed by atoms with Crippen LogP contribution in [0.4, 0.5) is 0 Å². The summed E-state index contributed by atoms with van der Waals surface area (Å²) in [4.78, 5) is 0. The minimum absolute atomic E-state index is 0.00150. The van der Waals surface area contributed by atoms with Crippen molar-refractivity contribution in [3.05, 3.63) is 0 Å². The molecule has 0 bridgehead atoms. The molecule has 152 valence electrons. The Morgan fingerprint density at radius 3 is 1.76 bits per heavy atom. The fraction of sp³-hybridized carbons (Fsp3) is 1.00. The Labute approximate surface area is 159 Å². The van der Waals surface area contributed by atoms with Gasteiger partial charge in [-0.05, 0) is 25.7 Å². The third-order valence-corrected chi connectivity index (χ3v) is 9.00. The van der Waals surface area contributed by atoms with Gasteiger partial charge in [0.25, 0.3) is 0 Å². The minimum atomic E-state index is -1.73. The third kappa shape index (κ3) is 11.5. The van der Waals surface area contributed by atoms with Gasteiger partial charge < -0.3 is 9.67 Å². The number of aliphatic hydroxyl groups excluding tert-OH is 1. The van der Waals surface area contributed by atoms with Crippen LogP contribution in [0, 0.1) is 0 Å². The quantitative estimate of drug-likeness (QED) is 0.198. The van der Waals surface area contributed by atoms with E-state index in [1.807, 2.05) is 0 Å². The van der Waals surface area contributed by atoms with Gasteiger partial charge in [-0.1, -0.05) is 98.3 Å². The SMILES string of the molecule is CCCCCCCCCC(CC)(CC)[PH](=O)CC(O)CCCCCC. The summed E-state index contributed by atoms with van der Waals surface area (Å²) in [5, 5.41) is 10.3. The normalized spacial score (nSPS) is 14.6. The van der Waals surface area contributed by atoms with Crippen molar-refractivity contribution < 1.29 is 9.67 Å². The summed E-state index contributed by atoms with van der Waals surface area (Å²) in [7, 11) is -1.73. The molecule has 0 amide bonds. The molecule has 0 rings (SSSR count). The van der Waals surface area contributed by atoms with Gasteiger partial charge in [0.1, 0.15) is 0 Å². The maximum atomic E-state index is 13.1. The van der Waals surface area contributed by atoms with Crippen molar-refractivity contribution in [2.75, 3.05) is 6.16 Å². The molecule has 2 nitrogen and oxygen atoms in total. The molecule has 2 atom stereocenters. The Hall–Kier alpha value is 0.190. The summed E-state index contributed by atoms with van der Waals surface area (Å²) in [5.41, 5.74) is 0. The Morgan fingerprint density at radius 1 is 0.760 bits per heavy atom. The zero-order valence-electron chi connectivity index (χ0n) is 17.7. The number of hydrogen-bond acceptors (Lipinski definition) is 2. The van der Waals surface area contributed by atoms with Crippen molar-refractivity contribution in [2.45, 2.75) is 135 Å². The van der Waals surface area contributed by atoms with Crippen LogP contribution >= 0.6 is 7.80 Å². The van der Waals surface area contributed by atoms with E-state index in [0.717, 1.165) is 32.1 Å². The van der Waals surface area contributed by atoms with E-state index >= 15 is 0 Å². The molecular formula is C22H47O2P. The first-order valence-electron chi connectivity index (χ1n) is 11.3. The van der Waals surface area contributed by atoms with Crippen LogP contribution in [0.15, 0.2) is 0 Å².